The van der Waals surface area contributed by atoms with E-state index in [1.165, 1.54) is 25.7 Å². The minimum atomic E-state index is -0.176. The molecule has 0 spiro atoms. The molecule has 0 aromatic rings. The van der Waals surface area contributed by atoms with Gasteiger partial charge >= 0.3 is 0 Å². The van der Waals surface area contributed by atoms with Gasteiger partial charge in [0, 0.05) is 6.04 Å². The van der Waals surface area contributed by atoms with Crippen LogP contribution in [0.4, 0.5) is 0 Å². The fourth-order valence-electron chi connectivity index (χ4n) is 2.54. The molecular weight excluding hydrogens is 176 g/mol. The lowest BCUT2D eigenvalue weighted by Gasteiger charge is -2.24. The third-order valence-corrected chi connectivity index (χ3v) is 3.21. The first-order valence-corrected chi connectivity index (χ1v) is 5.83. The molecule has 3 nitrogen and oxygen atoms in total. The second kappa shape index (κ2) is 5.35. The van der Waals surface area contributed by atoms with Crippen molar-refractivity contribution in [2.75, 3.05) is 0 Å². The molecule has 3 heteroatoms. The summed E-state index contributed by atoms with van der Waals surface area (Å²) >= 11 is 0. The van der Waals surface area contributed by atoms with Gasteiger partial charge < -0.3 is 11.1 Å². The summed E-state index contributed by atoms with van der Waals surface area (Å²) in [4.78, 5) is 10.9. The van der Waals surface area contributed by atoms with Crippen LogP contribution in [0.3, 0.4) is 0 Å². The Kier molecular flexibility index (Phi) is 4.39. The van der Waals surface area contributed by atoms with Crippen LogP contribution in [0.5, 0.6) is 0 Å². The topological polar surface area (TPSA) is 55.1 Å². The SMILES string of the molecule is CC.NC(=O)C1CC2CCCCC2N1. The van der Waals surface area contributed by atoms with Crippen LogP contribution in [0, 0.1) is 5.92 Å². The van der Waals surface area contributed by atoms with Gasteiger partial charge in [-0.15, -0.1) is 0 Å². The molecule has 1 aliphatic heterocycles. The van der Waals surface area contributed by atoms with Crippen molar-refractivity contribution in [2.24, 2.45) is 11.7 Å². The van der Waals surface area contributed by atoms with Crippen LogP contribution in [0.2, 0.25) is 0 Å². The summed E-state index contributed by atoms with van der Waals surface area (Å²) in [5.41, 5.74) is 5.25. The van der Waals surface area contributed by atoms with E-state index in [9.17, 15) is 4.79 Å². The highest BCUT2D eigenvalue weighted by molar-refractivity contribution is 5.80. The summed E-state index contributed by atoms with van der Waals surface area (Å²) < 4.78 is 0. The Hall–Kier alpha value is -0.570. The summed E-state index contributed by atoms with van der Waals surface area (Å²) in [6, 6.07) is 0.536. The van der Waals surface area contributed by atoms with Crippen molar-refractivity contribution in [2.45, 2.75) is 58.0 Å². The number of fused-ring (bicyclic) bond motifs is 1. The number of nitrogens with one attached hydrogen (secondary N) is 1. The predicted molar refractivity (Wildman–Crippen MR) is 57.8 cm³/mol. The molecule has 14 heavy (non-hydrogen) atoms. The molecule has 2 fully saturated rings. The van der Waals surface area contributed by atoms with Crippen molar-refractivity contribution in [3.05, 3.63) is 0 Å². The van der Waals surface area contributed by atoms with E-state index >= 15 is 0 Å². The van der Waals surface area contributed by atoms with E-state index in [0.29, 0.717) is 6.04 Å². The number of hydrogen-bond donors (Lipinski definition) is 2. The van der Waals surface area contributed by atoms with E-state index in [2.05, 4.69) is 5.32 Å². The van der Waals surface area contributed by atoms with Crippen LogP contribution in [0.1, 0.15) is 46.0 Å². The van der Waals surface area contributed by atoms with Crippen LogP contribution < -0.4 is 11.1 Å². The standard InChI is InChI=1S/C9H16N2O.C2H6/c10-9(12)8-5-6-3-1-2-4-7(6)11-8;1-2/h6-8,11H,1-5H2,(H2,10,12);1-2H3. The van der Waals surface area contributed by atoms with E-state index < -0.39 is 0 Å². The molecule has 3 unspecified atom stereocenters. The maximum atomic E-state index is 10.9. The molecule has 1 saturated carbocycles. The lowest BCUT2D eigenvalue weighted by Crippen LogP contribution is -2.40. The first-order chi connectivity index (χ1) is 6.77. The summed E-state index contributed by atoms with van der Waals surface area (Å²) in [5, 5.41) is 3.32. The maximum absolute atomic E-state index is 10.9. The van der Waals surface area contributed by atoms with Gasteiger partial charge in [0.05, 0.1) is 6.04 Å². The highest BCUT2D eigenvalue weighted by atomic mass is 16.1. The zero-order chi connectivity index (χ0) is 10.6. The molecular formula is C11H22N2O. The minimum absolute atomic E-state index is 0.0434. The number of carbonyl (C=O) groups excluding carboxylic acids is 1. The van der Waals surface area contributed by atoms with Gasteiger partial charge in [0.2, 0.25) is 5.91 Å². The Labute approximate surface area is 86.4 Å². The number of rotatable bonds is 1. The number of amides is 1. The van der Waals surface area contributed by atoms with Gasteiger partial charge in [-0.2, -0.15) is 0 Å². The average Bonchev–Trinajstić information content (AvgIpc) is 2.64. The van der Waals surface area contributed by atoms with E-state index in [-0.39, 0.29) is 11.9 Å². The smallest absolute Gasteiger partial charge is 0.234 e. The third-order valence-electron chi connectivity index (χ3n) is 3.21. The predicted octanol–water partition coefficient (Wildman–Crippen LogP) is 1.42. The molecule has 0 aromatic heterocycles. The molecule has 1 heterocycles. The van der Waals surface area contributed by atoms with Crippen molar-refractivity contribution in [3.63, 3.8) is 0 Å². The number of primary amides is 1. The van der Waals surface area contributed by atoms with Crippen molar-refractivity contribution < 1.29 is 4.79 Å². The summed E-state index contributed by atoms with van der Waals surface area (Å²) in [6.07, 6.45) is 6.11. The largest absolute Gasteiger partial charge is 0.368 e. The Balaban J connectivity index is 0.000000461. The maximum Gasteiger partial charge on any atom is 0.234 e. The molecule has 82 valence electrons. The average molecular weight is 198 g/mol. The van der Waals surface area contributed by atoms with E-state index in [4.69, 9.17) is 5.73 Å². The third kappa shape index (κ3) is 2.47. The second-order valence-corrected chi connectivity index (χ2v) is 4.01. The Morgan fingerprint density at radius 2 is 1.93 bits per heavy atom. The lowest BCUT2D eigenvalue weighted by molar-refractivity contribution is -0.119. The monoisotopic (exact) mass is 198 g/mol. The van der Waals surface area contributed by atoms with Gasteiger partial charge in [-0.3, -0.25) is 4.79 Å². The highest BCUT2D eigenvalue weighted by Gasteiger charge is 2.37. The number of hydrogen-bond acceptors (Lipinski definition) is 2. The molecule has 2 rings (SSSR count). The summed E-state index contributed by atoms with van der Waals surface area (Å²) in [5.74, 6) is 0.542. The molecule has 3 N–H and O–H groups in total. The second-order valence-electron chi connectivity index (χ2n) is 4.01. The highest BCUT2D eigenvalue weighted by Crippen LogP contribution is 2.32. The van der Waals surface area contributed by atoms with Gasteiger partial charge in [-0.1, -0.05) is 26.7 Å². The van der Waals surface area contributed by atoms with Crippen LogP contribution in [-0.2, 0) is 4.79 Å². The molecule has 0 radical (unpaired) electrons. The van der Waals surface area contributed by atoms with Crippen LogP contribution in [0.25, 0.3) is 0 Å². The molecule has 1 amide bonds. The number of nitrogens with two attached hydrogens (primary N) is 1. The molecule has 2 aliphatic rings. The van der Waals surface area contributed by atoms with Gasteiger partial charge in [-0.05, 0) is 25.2 Å². The Morgan fingerprint density at radius 1 is 1.29 bits per heavy atom. The van der Waals surface area contributed by atoms with Gasteiger partial charge in [-0.25, -0.2) is 0 Å². The van der Waals surface area contributed by atoms with Crippen LogP contribution in [-0.4, -0.2) is 18.0 Å². The first-order valence-electron chi connectivity index (χ1n) is 5.83. The Bertz CT molecular complexity index is 180. The normalized spacial score (nSPS) is 35.4. The van der Waals surface area contributed by atoms with E-state index in [1.54, 1.807) is 0 Å². The summed E-state index contributed by atoms with van der Waals surface area (Å²) in [6.45, 7) is 4.00. The lowest BCUT2D eigenvalue weighted by atomic mass is 9.85. The first kappa shape index (κ1) is 11.5. The molecule has 1 saturated heterocycles. The van der Waals surface area contributed by atoms with E-state index in [1.807, 2.05) is 13.8 Å². The molecule has 1 aliphatic carbocycles. The van der Waals surface area contributed by atoms with Crippen molar-refractivity contribution >= 4 is 5.91 Å². The van der Waals surface area contributed by atoms with Crippen molar-refractivity contribution in [3.8, 4) is 0 Å². The molecule has 0 bridgehead atoms. The minimum Gasteiger partial charge on any atom is -0.368 e. The fourth-order valence-corrected chi connectivity index (χ4v) is 2.54. The molecule has 3 atom stereocenters. The van der Waals surface area contributed by atoms with Gasteiger partial charge in [0.25, 0.3) is 0 Å². The van der Waals surface area contributed by atoms with Crippen LogP contribution in [0.15, 0.2) is 0 Å². The zero-order valence-corrected chi connectivity index (χ0v) is 9.25. The Morgan fingerprint density at radius 3 is 2.50 bits per heavy atom. The molecule has 0 aromatic carbocycles. The van der Waals surface area contributed by atoms with Crippen molar-refractivity contribution in [1.29, 1.82) is 0 Å². The van der Waals surface area contributed by atoms with E-state index in [0.717, 1.165) is 12.3 Å². The van der Waals surface area contributed by atoms with Gasteiger partial charge in [0.15, 0.2) is 0 Å². The summed E-state index contributed by atoms with van der Waals surface area (Å²) in [7, 11) is 0. The van der Waals surface area contributed by atoms with Gasteiger partial charge in [0.1, 0.15) is 0 Å². The fraction of sp³-hybridized carbons (Fsp3) is 0.909. The van der Waals surface area contributed by atoms with Crippen LogP contribution >= 0.6 is 0 Å². The zero-order valence-electron chi connectivity index (χ0n) is 9.25. The van der Waals surface area contributed by atoms with Crippen molar-refractivity contribution in [1.82, 2.24) is 5.32 Å². The quantitative estimate of drug-likeness (QED) is 0.669. The number of carbonyl (C=O) groups is 1.